The molecule has 3 rings (SSSR count). The van der Waals surface area contributed by atoms with E-state index in [9.17, 15) is 4.79 Å². The largest absolute Gasteiger partial charge is 0.459 e. The van der Waals surface area contributed by atoms with Crippen LogP contribution in [0.25, 0.3) is 10.8 Å². The minimum Gasteiger partial charge on any atom is -0.459 e. The molecule has 0 aliphatic heterocycles. The molecule has 3 aromatic rings. The van der Waals surface area contributed by atoms with Crippen LogP contribution in [0.1, 0.15) is 10.6 Å². The van der Waals surface area contributed by atoms with E-state index in [4.69, 9.17) is 10.2 Å². The molecule has 19 heavy (non-hydrogen) atoms. The normalized spacial score (nSPS) is 10.5. The van der Waals surface area contributed by atoms with Gasteiger partial charge in [0, 0.05) is 22.1 Å². The van der Waals surface area contributed by atoms with E-state index in [1.165, 1.54) is 6.26 Å². The molecule has 0 fully saturated rings. The fourth-order valence-electron chi connectivity index (χ4n) is 2.02. The second-order valence-corrected chi connectivity index (χ2v) is 4.18. The number of fused-ring (bicyclic) bond motifs is 1. The Morgan fingerprint density at radius 1 is 1.00 bits per heavy atom. The number of benzene rings is 2. The second kappa shape index (κ2) is 4.49. The number of carbonyl (C=O) groups excluding carboxylic acids is 1. The minimum atomic E-state index is -0.278. The molecule has 2 aromatic carbocycles. The van der Waals surface area contributed by atoms with Gasteiger partial charge in [-0.25, -0.2) is 0 Å². The zero-order valence-electron chi connectivity index (χ0n) is 10.1. The zero-order valence-corrected chi connectivity index (χ0v) is 10.1. The molecule has 0 bridgehead atoms. The molecule has 0 atom stereocenters. The Labute approximate surface area is 109 Å². The highest BCUT2D eigenvalue weighted by molar-refractivity contribution is 6.09. The summed E-state index contributed by atoms with van der Waals surface area (Å²) < 4.78 is 5.07. The zero-order chi connectivity index (χ0) is 13.2. The lowest BCUT2D eigenvalue weighted by atomic mass is 10.1. The molecule has 0 radical (unpaired) electrons. The lowest BCUT2D eigenvalue weighted by Crippen LogP contribution is -2.11. The molecule has 0 saturated carbocycles. The van der Waals surface area contributed by atoms with Gasteiger partial charge in [-0.3, -0.25) is 4.79 Å². The summed E-state index contributed by atoms with van der Waals surface area (Å²) in [7, 11) is 0. The summed E-state index contributed by atoms with van der Waals surface area (Å²) in [4.78, 5) is 12.0. The van der Waals surface area contributed by atoms with Gasteiger partial charge < -0.3 is 15.5 Å². The van der Waals surface area contributed by atoms with Gasteiger partial charge in [0.2, 0.25) is 0 Å². The first-order valence-electron chi connectivity index (χ1n) is 5.88. The molecule has 4 nitrogen and oxygen atoms in total. The van der Waals surface area contributed by atoms with Gasteiger partial charge in [0.15, 0.2) is 5.76 Å². The van der Waals surface area contributed by atoms with Crippen LogP contribution in [-0.4, -0.2) is 5.91 Å². The average molecular weight is 252 g/mol. The molecule has 3 N–H and O–H groups in total. The van der Waals surface area contributed by atoms with Crippen molar-refractivity contribution in [3.05, 3.63) is 60.6 Å². The topological polar surface area (TPSA) is 68.3 Å². The van der Waals surface area contributed by atoms with Crippen molar-refractivity contribution >= 4 is 28.1 Å². The highest BCUT2D eigenvalue weighted by Crippen LogP contribution is 2.28. The number of hydrogen-bond donors (Lipinski definition) is 2. The van der Waals surface area contributed by atoms with Crippen molar-refractivity contribution in [1.82, 2.24) is 0 Å². The van der Waals surface area contributed by atoms with Crippen LogP contribution >= 0.6 is 0 Å². The Kier molecular flexibility index (Phi) is 2.68. The maximum atomic E-state index is 12.0. The number of amides is 1. The van der Waals surface area contributed by atoms with E-state index in [-0.39, 0.29) is 11.7 Å². The first kappa shape index (κ1) is 11.3. The van der Waals surface area contributed by atoms with Gasteiger partial charge in [-0.15, -0.1) is 0 Å². The quantitative estimate of drug-likeness (QED) is 0.688. The van der Waals surface area contributed by atoms with Crippen molar-refractivity contribution in [3.63, 3.8) is 0 Å². The summed E-state index contributed by atoms with van der Waals surface area (Å²) in [5.41, 5.74) is 7.32. The van der Waals surface area contributed by atoms with Crippen molar-refractivity contribution in [1.29, 1.82) is 0 Å². The van der Waals surface area contributed by atoms with Crippen LogP contribution in [0.5, 0.6) is 0 Å². The van der Waals surface area contributed by atoms with Crippen LogP contribution < -0.4 is 11.1 Å². The number of hydrogen-bond acceptors (Lipinski definition) is 3. The minimum absolute atomic E-state index is 0.278. The molecular formula is C15H12N2O2. The molecule has 0 unspecified atom stereocenters. The summed E-state index contributed by atoms with van der Waals surface area (Å²) in [5.74, 6) is 0.000769. The smallest absolute Gasteiger partial charge is 0.291 e. The first-order chi connectivity index (χ1) is 9.25. The Bertz CT molecular complexity index is 733. The molecule has 0 spiro atoms. The van der Waals surface area contributed by atoms with Gasteiger partial charge in [-0.1, -0.05) is 24.3 Å². The van der Waals surface area contributed by atoms with E-state index in [0.29, 0.717) is 11.4 Å². The number of rotatable bonds is 2. The number of nitrogen functional groups attached to an aromatic ring is 1. The third-order valence-electron chi connectivity index (χ3n) is 2.95. The Morgan fingerprint density at radius 2 is 1.79 bits per heavy atom. The van der Waals surface area contributed by atoms with Crippen LogP contribution in [0.3, 0.4) is 0 Å². The van der Waals surface area contributed by atoms with Gasteiger partial charge >= 0.3 is 0 Å². The van der Waals surface area contributed by atoms with Crippen LogP contribution in [0.2, 0.25) is 0 Å². The fourth-order valence-corrected chi connectivity index (χ4v) is 2.02. The number of nitrogens with two attached hydrogens (primary N) is 1. The molecule has 0 saturated heterocycles. The van der Waals surface area contributed by atoms with Gasteiger partial charge in [-0.05, 0) is 24.3 Å². The van der Waals surface area contributed by atoms with E-state index in [0.717, 1.165) is 10.8 Å². The SMILES string of the molecule is Nc1ccc(NC(=O)c2ccco2)c2ccccc12. The van der Waals surface area contributed by atoms with Crippen molar-refractivity contribution in [2.24, 2.45) is 0 Å². The Hall–Kier alpha value is -2.75. The van der Waals surface area contributed by atoms with Crippen molar-refractivity contribution in [2.75, 3.05) is 11.1 Å². The summed E-state index contributed by atoms with van der Waals surface area (Å²) >= 11 is 0. The van der Waals surface area contributed by atoms with Gasteiger partial charge in [0.05, 0.1) is 6.26 Å². The fraction of sp³-hybridized carbons (Fsp3) is 0. The number of carbonyl (C=O) groups is 1. The number of nitrogens with one attached hydrogen (secondary N) is 1. The second-order valence-electron chi connectivity index (χ2n) is 4.18. The Balaban J connectivity index is 2.02. The highest BCUT2D eigenvalue weighted by atomic mass is 16.3. The molecule has 1 aromatic heterocycles. The van der Waals surface area contributed by atoms with E-state index in [2.05, 4.69) is 5.32 Å². The molecule has 0 aliphatic rings. The third kappa shape index (κ3) is 2.04. The van der Waals surface area contributed by atoms with Crippen LogP contribution in [0, 0.1) is 0 Å². The van der Waals surface area contributed by atoms with Crippen LogP contribution in [0.4, 0.5) is 11.4 Å². The van der Waals surface area contributed by atoms with Crippen LogP contribution in [-0.2, 0) is 0 Å². The monoisotopic (exact) mass is 252 g/mol. The summed E-state index contributed by atoms with van der Waals surface area (Å²) in [6.07, 6.45) is 1.47. The Morgan fingerprint density at radius 3 is 2.53 bits per heavy atom. The van der Waals surface area contributed by atoms with Gasteiger partial charge in [-0.2, -0.15) is 0 Å². The van der Waals surface area contributed by atoms with Gasteiger partial charge in [0.25, 0.3) is 5.91 Å². The third-order valence-corrected chi connectivity index (χ3v) is 2.95. The van der Waals surface area contributed by atoms with Crippen molar-refractivity contribution < 1.29 is 9.21 Å². The van der Waals surface area contributed by atoms with E-state index in [1.807, 2.05) is 24.3 Å². The molecule has 1 heterocycles. The molecule has 94 valence electrons. The van der Waals surface area contributed by atoms with Crippen LogP contribution in [0.15, 0.2) is 59.2 Å². The van der Waals surface area contributed by atoms with Crippen molar-refractivity contribution in [3.8, 4) is 0 Å². The van der Waals surface area contributed by atoms with Gasteiger partial charge in [0.1, 0.15) is 0 Å². The summed E-state index contributed by atoms with van der Waals surface area (Å²) in [6, 6.07) is 14.5. The molecule has 4 heteroatoms. The highest BCUT2D eigenvalue weighted by Gasteiger charge is 2.11. The maximum Gasteiger partial charge on any atom is 0.291 e. The number of furan rings is 1. The number of anilines is 2. The average Bonchev–Trinajstić information content (AvgIpc) is 2.96. The molecule has 1 amide bonds. The lowest BCUT2D eigenvalue weighted by Gasteiger charge is -2.09. The van der Waals surface area contributed by atoms with Crippen molar-refractivity contribution in [2.45, 2.75) is 0 Å². The summed E-state index contributed by atoms with van der Waals surface area (Å²) in [6.45, 7) is 0. The predicted molar refractivity (Wildman–Crippen MR) is 75.0 cm³/mol. The molecular weight excluding hydrogens is 240 g/mol. The first-order valence-corrected chi connectivity index (χ1v) is 5.88. The lowest BCUT2D eigenvalue weighted by molar-refractivity contribution is 0.0997. The predicted octanol–water partition coefficient (Wildman–Crippen LogP) is 3.27. The molecule has 0 aliphatic carbocycles. The van der Waals surface area contributed by atoms with E-state index >= 15 is 0 Å². The van der Waals surface area contributed by atoms with E-state index in [1.54, 1.807) is 24.3 Å². The van der Waals surface area contributed by atoms with E-state index < -0.39 is 0 Å². The standard InChI is InChI=1S/C15H12N2O2/c16-12-7-8-13(11-5-2-1-4-10(11)12)17-15(18)14-6-3-9-19-14/h1-9H,16H2,(H,17,18). The summed E-state index contributed by atoms with van der Waals surface area (Å²) in [5, 5.41) is 4.65. The maximum absolute atomic E-state index is 12.0.